The van der Waals surface area contributed by atoms with Crippen LogP contribution in [0, 0.1) is 17.3 Å². The van der Waals surface area contributed by atoms with Crippen molar-refractivity contribution in [2.24, 2.45) is 17.3 Å². The fourth-order valence-corrected chi connectivity index (χ4v) is 2.77. The highest BCUT2D eigenvalue weighted by Gasteiger charge is 2.42. The summed E-state index contributed by atoms with van der Waals surface area (Å²) in [6.45, 7) is 6.75. The molecule has 3 unspecified atom stereocenters. The molecule has 0 heterocycles. The van der Waals surface area contributed by atoms with Crippen LogP contribution in [0.15, 0.2) is 12.2 Å². The van der Waals surface area contributed by atoms with Crippen molar-refractivity contribution >= 4 is 0 Å². The lowest BCUT2D eigenvalue weighted by Crippen LogP contribution is -2.32. The number of allylic oxidation sites excluding steroid dienone is 1. The predicted octanol–water partition coefficient (Wildman–Crippen LogP) is 3.53. The van der Waals surface area contributed by atoms with Gasteiger partial charge in [0, 0.05) is 0 Å². The molecule has 2 aliphatic carbocycles. The summed E-state index contributed by atoms with van der Waals surface area (Å²) in [5.41, 5.74) is -0.190. The first-order chi connectivity index (χ1) is 6.94. The van der Waals surface area contributed by atoms with Crippen LogP contribution < -0.4 is 0 Å². The first kappa shape index (κ1) is 11.2. The molecule has 0 aromatic heterocycles. The SMILES string of the molecule is CCC1CC1CC1(O)C=CC(C)(C)CC1. The Morgan fingerprint density at radius 2 is 1.93 bits per heavy atom. The van der Waals surface area contributed by atoms with Crippen LogP contribution in [0.25, 0.3) is 0 Å². The van der Waals surface area contributed by atoms with Gasteiger partial charge in [-0.1, -0.05) is 39.3 Å². The van der Waals surface area contributed by atoms with Crippen molar-refractivity contribution in [3.63, 3.8) is 0 Å². The van der Waals surface area contributed by atoms with Gasteiger partial charge in [0.05, 0.1) is 5.60 Å². The van der Waals surface area contributed by atoms with Gasteiger partial charge in [-0.2, -0.15) is 0 Å². The molecular formula is C14H24O. The Balaban J connectivity index is 1.92. The van der Waals surface area contributed by atoms with Crippen LogP contribution in [0.3, 0.4) is 0 Å². The second kappa shape index (κ2) is 3.62. The van der Waals surface area contributed by atoms with Crippen molar-refractivity contribution < 1.29 is 5.11 Å². The highest BCUT2D eigenvalue weighted by Crippen LogP contribution is 2.48. The van der Waals surface area contributed by atoms with Gasteiger partial charge >= 0.3 is 0 Å². The van der Waals surface area contributed by atoms with Gasteiger partial charge in [-0.25, -0.2) is 0 Å². The quantitative estimate of drug-likeness (QED) is 0.703. The summed E-state index contributed by atoms with van der Waals surface area (Å²) < 4.78 is 0. The van der Waals surface area contributed by atoms with E-state index in [-0.39, 0.29) is 0 Å². The molecule has 0 radical (unpaired) electrons. The van der Waals surface area contributed by atoms with E-state index < -0.39 is 5.60 Å². The van der Waals surface area contributed by atoms with E-state index in [9.17, 15) is 5.11 Å². The van der Waals surface area contributed by atoms with E-state index in [0.29, 0.717) is 5.41 Å². The summed E-state index contributed by atoms with van der Waals surface area (Å²) in [6.07, 6.45) is 9.97. The van der Waals surface area contributed by atoms with Gasteiger partial charge in [-0.15, -0.1) is 0 Å². The van der Waals surface area contributed by atoms with Crippen LogP contribution in [0.5, 0.6) is 0 Å². The molecule has 0 amide bonds. The molecule has 2 aliphatic rings. The van der Waals surface area contributed by atoms with Gasteiger partial charge in [0.2, 0.25) is 0 Å². The van der Waals surface area contributed by atoms with Gasteiger partial charge in [-0.05, 0) is 42.9 Å². The van der Waals surface area contributed by atoms with E-state index in [2.05, 4.69) is 32.9 Å². The summed E-state index contributed by atoms with van der Waals surface area (Å²) >= 11 is 0. The summed E-state index contributed by atoms with van der Waals surface area (Å²) in [4.78, 5) is 0. The van der Waals surface area contributed by atoms with Crippen molar-refractivity contribution in [2.75, 3.05) is 0 Å². The van der Waals surface area contributed by atoms with Crippen molar-refractivity contribution in [3.8, 4) is 0 Å². The summed E-state index contributed by atoms with van der Waals surface area (Å²) in [5, 5.41) is 10.4. The number of hydrogen-bond acceptors (Lipinski definition) is 1. The monoisotopic (exact) mass is 208 g/mol. The van der Waals surface area contributed by atoms with E-state index in [1.165, 1.54) is 12.8 Å². The minimum Gasteiger partial charge on any atom is -0.386 e. The molecule has 0 spiro atoms. The lowest BCUT2D eigenvalue weighted by atomic mass is 9.75. The third-order valence-electron chi connectivity index (χ3n) is 4.26. The molecule has 0 saturated heterocycles. The van der Waals surface area contributed by atoms with E-state index in [1.54, 1.807) is 0 Å². The maximum Gasteiger partial charge on any atom is 0.0831 e. The maximum absolute atomic E-state index is 10.4. The van der Waals surface area contributed by atoms with Gasteiger partial charge in [0.1, 0.15) is 0 Å². The van der Waals surface area contributed by atoms with Gasteiger partial charge < -0.3 is 5.11 Å². The lowest BCUT2D eigenvalue weighted by molar-refractivity contribution is 0.0454. The average molecular weight is 208 g/mol. The molecular weight excluding hydrogens is 184 g/mol. The molecule has 1 saturated carbocycles. The van der Waals surface area contributed by atoms with Crippen LogP contribution in [0.4, 0.5) is 0 Å². The molecule has 0 aliphatic heterocycles. The fourth-order valence-electron chi connectivity index (χ4n) is 2.77. The highest BCUT2D eigenvalue weighted by atomic mass is 16.3. The van der Waals surface area contributed by atoms with Gasteiger partial charge in [0.25, 0.3) is 0 Å². The third-order valence-corrected chi connectivity index (χ3v) is 4.26. The standard InChI is InChI=1S/C14H24O/c1-4-11-9-12(11)10-14(15)7-5-13(2,3)6-8-14/h5,7,11-12,15H,4,6,8-10H2,1-3H3. The minimum atomic E-state index is -0.482. The molecule has 1 N–H and O–H groups in total. The van der Waals surface area contributed by atoms with Crippen molar-refractivity contribution in [3.05, 3.63) is 12.2 Å². The Labute approximate surface area is 93.6 Å². The van der Waals surface area contributed by atoms with E-state index in [0.717, 1.165) is 31.1 Å². The predicted molar refractivity (Wildman–Crippen MR) is 63.6 cm³/mol. The van der Waals surface area contributed by atoms with Gasteiger partial charge in [-0.3, -0.25) is 0 Å². The van der Waals surface area contributed by atoms with Crippen LogP contribution >= 0.6 is 0 Å². The highest BCUT2D eigenvalue weighted by molar-refractivity contribution is 5.12. The Bertz CT molecular complexity index is 267. The summed E-state index contributed by atoms with van der Waals surface area (Å²) in [7, 11) is 0. The zero-order valence-corrected chi connectivity index (χ0v) is 10.3. The number of aliphatic hydroxyl groups is 1. The average Bonchev–Trinajstić information content (AvgIpc) is 2.90. The van der Waals surface area contributed by atoms with E-state index in [1.807, 2.05) is 0 Å². The first-order valence-electron chi connectivity index (χ1n) is 6.37. The molecule has 3 atom stereocenters. The second-order valence-corrected chi connectivity index (χ2v) is 6.29. The first-order valence-corrected chi connectivity index (χ1v) is 6.37. The molecule has 0 aromatic carbocycles. The molecule has 15 heavy (non-hydrogen) atoms. The third kappa shape index (κ3) is 2.63. The molecule has 2 rings (SSSR count). The Morgan fingerprint density at radius 3 is 2.40 bits per heavy atom. The van der Waals surface area contributed by atoms with E-state index in [4.69, 9.17) is 0 Å². The van der Waals surface area contributed by atoms with Gasteiger partial charge in [0.15, 0.2) is 0 Å². The smallest absolute Gasteiger partial charge is 0.0831 e. The maximum atomic E-state index is 10.4. The second-order valence-electron chi connectivity index (χ2n) is 6.29. The fraction of sp³-hybridized carbons (Fsp3) is 0.857. The van der Waals surface area contributed by atoms with Crippen LogP contribution in [-0.4, -0.2) is 10.7 Å². The minimum absolute atomic E-state index is 0.292. The molecule has 1 nitrogen and oxygen atoms in total. The zero-order valence-electron chi connectivity index (χ0n) is 10.3. The van der Waals surface area contributed by atoms with Crippen LogP contribution in [0.1, 0.15) is 52.9 Å². The van der Waals surface area contributed by atoms with Crippen LogP contribution in [-0.2, 0) is 0 Å². The topological polar surface area (TPSA) is 20.2 Å². The molecule has 1 heteroatoms. The number of hydrogen-bond donors (Lipinski definition) is 1. The zero-order chi connectivity index (χ0) is 11.1. The molecule has 86 valence electrons. The molecule has 0 bridgehead atoms. The Morgan fingerprint density at radius 1 is 1.20 bits per heavy atom. The van der Waals surface area contributed by atoms with Crippen molar-refractivity contribution in [1.82, 2.24) is 0 Å². The van der Waals surface area contributed by atoms with Crippen molar-refractivity contribution in [1.29, 1.82) is 0 Å². The Kier molecular flexibility index (Phi) is 2.70. The number of rotatable bonds is 3. The van der Waals surface area contributed by atoms with Crippen molar-refractivity contribution in [2.45, 2.75) is 58.5 Å². The van der Waals surface area contributed by atoms with E-state index >= 15 is 0 Å². The Hall–Kier alpha value is -0.300. The van der Waals surface area contributed by atoms with Crippen LogP contribution in [0.2, 0.25) is 0 Å². The summed E-state index contributed by atoms with van der Waals surface area (Å²) in [6, 6.07) is 0. The summed E-state index contributed by atoms with van der Waals surface area (Å²) in [5.74, 6) is 1.70. The molecule has 0 aromatic rings. The molecule has 1 fully saturated rings. The lowest BCUT2D eigenvalue weighted by Gasteiger charge is -2.35. The normalized spacial score (nSPS) is 42.9. The largest absolute Gasteiger partial charge is 0.386 e.